The lowest BCUT2D eigenvalue weighted by molar-refractivity contribution is -0.113. The Bertz CT molecular complexity index is 1280. The van der Waals surface area contributed by atoms with Gasteiger partial charge in [0.05, 0.1) is 32.2 Å². The summed E-state index contributed by atoms with van der Waals surface area (Å²) in [6, 6.07) is 23.3. The van der Waals surface area contributed by atoms with Crippen molar-refractivity contribution in [3.8, 4) is 17.2 Å². The fourth-order valence-corrected chi connectivity index (χ4v) is 4.20. The summed E-state index contributed by atoms with van der Waals surface area (Å²) < 4.78 is 12.6. The quantitative estimate of drug-likeness (QED) is 0.305. The molecule has 1 aromatic heterocycles. The van der Waals surface area contributed by atoms with E-state index in [0.717, 1.165) is 17.2 Å². The number of aromatic nitrogens is 3. The Labute approximate surface area is 208 Å². The van der Waals surface area contributed by atoms with Crippen molar-refractivity contribution in [2.24, 2.45) is 0 Å². The minimum absolute atomic E-state index is 0.150. The summed E-state index contributed by atoms with van der Waals surface area (Å²) in [5.74, 6) is 1.89. The average Bonchev–Trinajstić information content (AvgIpc) is 3.30. The smallest absolute Gasteiger partial charge is 0.234 e. The number of hydrogen-bond donors (Lipinski definition) is 2. The molecule has 0 spiro atoms. The fourth-order valence-electron chi connectivity index (χ4n) is 3.43. The van der Waals surface area contributed by atoms with Gasteiger partial charge in [-0.2, -0.15) is 0 Å². The van der Waals surface area contributed by atoms with Gasteiger partial charge in [0, 0.05) is 17.4 Å². The number of nitrogens with zero attached hydrogens (tertiary/aromatic N) is 3. The summed E-state index contributed by atoms with van der Waals surface area (Å²) in [5, 5.41) is 15.7. The number of methoxy groups -OCH3 is 2. The van der Waals surface area contributed by atoms with E-state index >= 15 is 0 Å². The van der Waals surface area contributed by atoms with Crippen LogP contribution >= 0.6 is 11.8 Å². The molecule has 0 aliphatic carbocycles. The highest BCUT2D eigenvalue weighted by Gasteiger charge is 2.17. The van der Waals surface area contributed by atoms with Crippen molar-refractivity contribution in [2.45, 2.75) is 18.6 Å². The molecule has 1 amide bonds. The van der Waals surface area contributed by atoms with Gasteiger partial charge in [-0.25, -0.2) is 0 Å². The molecule has 0 fully saturated rings. The zero-order valence-corrected chi connectivity index (χ0v) is 20.6. The average molecular weight is 490 g/mol. The van der Waals surface area contributed by atoms with E-state index in [-0.39, 0.29) is 11.7 Å². The molecule has 8 nitrogen and oxygen atoms in total. The molecule has 3 aromatic carbocycles. The van der Waals surface area contributed by atoms with Gasteiger partial charge in [-0.15, -0.1) is 10.2 Å². The highest BCUT2D eigenvalue weighted by atomic mass is 32.2. The Hall–Kier alpha value is -3.98. The van der Waals surface area contributed by atoms with Gasteiger partial charge in [-0.1, -0.05) is 47.7 Å². The number of para-hydroxylation sites is 1. The third kappa shape index (κ3) is 6.13. The number of aryl methyl sites for hydroxylation is 1. The molecular weight excluding hydrogens is 462 g/mol. The maximum atomic E-state index is 12.7. The molecule has 0 aliphatic rings. The van der Waals surface area contributed by atoms with Crippen LogP contribution in [-0.4, -0.2) is 40.6 Å². The van der Waals surface area contributed by atoms with Crippen LogP contribution in [-0.2, 0) is 11.3 Å². The second-order valence-electron chi connectivity index (χ2n) is 7.69. The van der Waals surface area contributed by atoms with E-state index < -0.39 is 0 Å². The lowest BCUT2D eigenvalue weighted by Crippen LogP contribution is -2.15. The summed E-state index contributed by atoms with van der Waals surface area (Å²) in [5.41, 5.74) is 3.67. The van der Waals surface area contributed by atoms with E-state index in [1.807, 2.05) is 47.0 Å². The maximum Gasteiger partial charge on any atom is 0.234 e. The van der Waals surface area contributed by atoms with Gasteiger partial charge >= 0.3 is 0 Å². The van der Waals surface area contributed by atoms with Crippen LogP contribution in [0.25, 0.3) is 5.69 Å². The number of anilines is 2. The first-order chi connectivity index (χ1) is 17.1. The fraction of sp³-hybridized carbons (Fsp3) is 0.192. The maximum absolute atomic E-state index is 12.7. The monoisotopic (exact) mass is 489 g/mol. The molecule has 0 atom stereocenters. The second kappa shape index (κ2) is 11.4. The Balaban J connectivity index is 1.49. The Kier molecular flexibility index (Phi) is 7.89. The van der Waals surface area contributed by atoms with Crippen molar-refractivity contribution in [1.29, 1.82) is 0 Å². The van der Waals surface area contributed by atoms with Crippen molar-refractivity contribution in [3.05, 3.63) is 84.2 Å². The van der Waals surface area contributed by atoms with Gasteiger partial charge < -0.3 is 20.1 Å². The lowest BCUT2D eigenvalue weighted by atomic mass is 10.2. The predicted molar refractivity (Wildman–Crippen MR) is 139 cm³/mol. The van der Waals surface area contributed by atoms with Crippen LogP contribution in [0.5, 0.6) is 11.5 Å². The Morgan fingerprint density at radius 3 is 2.46 bits per heavy atom. The number of ether oxygens (including phenoxy) is 2. The molecule has 1 heterocycles. The number of carbonyl (C=O) groups is 1. The summed E-state index contributed by atoms with van der Waals surface area (Å²) in [7, 11) is 3.13. The number of nitrogens with one attached hydrogen (secondary N) is 2. The molecule has 0 radical (unpaired) electrons. The number of thioether (sulfide) groups is 1. The van der Waals surface area contributed by atoms with Crippen LogP contribution in [0.3, 0.4) is 0 Å². The van der Waals surface area contributed by atoms with Crippen LogP contribution in [0.4, 0.5) is 11.4 Å². The molecule has 0 unspecified atom stereocenters. The second-order valence-corrected chi connectivity index (χ2v) is 8.63. The molecule has 0 saturated carbocycles. The van der Waals surface area contributed by atoms with E-state index in [4.69, 9.17) is 9.47 Å². The predicted octanol–water partition coefficient (Wildman–Crippen LogP) is 4.94. The van der Waals surface area contributed by atoms with Crippen LogP contribution in [0.2, 0.25) is 0 Å². The molecule has 0 aliphatic heterocycles. The minimum Gasteiger partial charge on any atom is -0.497 e. The summed E-state index contributed by atoms with van der Waals surface area (Å²) in [6.07, 6.45) is 0. The number of carbonyl (C=O) groups excluding carboxylic acids is 1. The minimum atomic E-state index is -0.191. The molecule has 4 aromatic rings. The first-order valence-electron chi connectivity index (χ1n) is 11.0. The normalized spacial score (nSPS) is 10.6. The molecule has 35 heavy (non-hydrogen) atoms. The van der Waals surface area contributed by atoms with Gasteiger partial charge in [-0.05, 0) is 43.3 Å². The molecule has 4 rings (SSSR count). The van der Waals surface area contributed by atoms with Gasteiger partial charge in [-0.3, -0.25) is 9.36 Å². The van der Waals surface area contributed by atoms with Crippen LogP contribution in [0.1, 0.15) is 11.4 Å². The third-order valence-corrected chi connectivity index (χ3v) is 6.16. The Morgan fingerprint density at radius 1 is 0.971 bits per heavy atom. The number of amides is 1. The largest absolute Gasteiger partial charge is 0.497 e. The van der Waals surface area contributed by atoms with Gasteiger partial charge in [0.1, 0.15) is 11.5 Å². The van der Waals surface area contributed by atoms with Crippen molar-refractivity contribution < 1.29 is 14.3 Å². The van der Waals surface area contributed by atoms with Crippen molar-refractivity contribution >= 4 is 29.0 Å². The summed E-state index contributed by atoms with van der Waals surface area (Å²) >= 11 is 1.31. The van der Waals surface area contributed by atoms with Gasteiger partial charge in [0.2, 0.25) is 5.91 Å². The van der Waals surface area contributed by atoms with Crippen LogP contribution in [0.15, 0.2) is 78.0 Å². The highest BCUT2D eigenvalue weighted by molar-refractivity contribution is 7.99. The first-order valence-corrected chi connectivity index (χ1v) is 12.0. The topological polar surface area (TPSA) is 90.3 Å². The number of hydrogen-bond acceptors (Lipinski definition) is 7. The molecule has 180 valence electrons. The third-order valence-electron chi connectivity index (χ3n) is 5.23. The Morgan fingerprint density at radius 2 is 1.74 bits per heavy atom. The summed E-state index contributed by atoms with van der Waals surface area (Å²) in [4.78, 5) is 12.7. The van der Waals surface area contributed by atoms with Crippen molar-refractivity contribution in [1.82, 2.24) is 14.8 Å². The van der Waals surface area contributed by atoms with E-state index in [1.54, 1.807) is 32.4 Å². The molecule has 0 saturated heterocycles. The van der Waals surface area contributed by atoms with Gasteiger partial charge in [0.15, 0.2) is 11.0 Å². The van der Waals surface area contributed by atoms with Gasteiger partial charge in [0.25, 0.3) is 0 Å². The lowest BCUT2D eigenvalue weighted by Gasteiger charge is -2.13. The molecular formula is C26H27N5O3S. The zero-order chi connectivity index (χ0) is 24.6. The van der Waals surface area contributed by atoms with Crippen LogP contribution in [0, 0.1) is 6.92 Å². The number of rotatable bonds is 10. The SMILES string of the molecule is COc1ccc(OC)c(NC(=O)CSc2nnc(CNc3ccc(C)cc3)n2-c2ccccc2)c1. The molecule has 0 bridgehead atoms. The van der Waals surface area contributed by atoms with E-state index in [1.165, 1.54) is 17.3 Å². The van der Waals surface area contributed by atoms with Crippen LogP contribution < -0.4 is 20.1 Å². The van der Waals surface area contributed by atoms with E-state index in [9.17, 15) is 4.79 Å². The van der Waals surface area contributed by atoms with Crippen molar-refractivity contribution in [2.75, 3.05) is 30.6 Å². The summed E-state index contributed by atoms with van der Waals surface area (Å²) in [6.45, 7) is 2.54. The highest BCUT2D eigenvalue weighted by Crippen LogP contribution is 2.29. The number of benzene rings is 3. The van der Waals surface area contributed by atoms with E-state index in [0.29, 0.717) is 28.9 Å². The molecule has 9 heteroatoms. The van der Waals surface area contributed by atoms with E-state index in [2.05, 4.69) is 39.9 Å². The zero-order valence-electron chi connectivity index (χ0n) is 19.8. The standard InChI is InChI=1S/C26H27N5O3S/c1-18-9-11-19(12-10-18)27-16-24-29-30-26(31(24)20-7-5-4-6-8-20)35-17-25(32)28-22-15-21(33-2)13-14-23(22)34-3/h4-15,27H,16-17H2,1-3H3,(H,28,32). The first kappa shape index (κ1) is 24.2. The molecule has 2 N–H and O–H groups in total. The van der Waals surface area contributed by atoms with Crippen molar-refractivity contribution in [3.63, 3.8) is 0 Å².